The van der Waals surface area contributed by atoms with E-state index in [1.54, 1.807) is 7.11 Å². The van der Waals surface area contributed by atoms with Crippen molar-refractivity contribution in [2.75, 3.05) is 13.7 Å². The molecule has 0 spiro atoms. The Balaban J connectivity index is 2.59. The number of nitrogens with zero attached hydrogens (tertiary/aromatic N) is 2. The van der Waals surface area contributed by atoms with E-state index < -0.39 is 0 Å². The molecule has 0 saturated heterocycles. The van der Waals surface area contributed by atoms with Gasteiger partial charge in [-0.2, -0.15) is 5.10 Å². The highest BCUT2D eigenvalue weighted by Gasteiger charge is 2.18. The Kier molecular flexibility index (Phi) is 4.27. The predicted molar refractivity (Wildman–Crippen MR) is 80.4 cm³/mol. The Morgan fingerprint density at radius 1 is 1.42 bits per heavy atom. The number of aromatic nitrogens is 2. The SMILES string of the molecule is COc1ccc(C)cc1-c1nn(C)c(CCN)c1Br. The van der Waals surface area contributed by atoms with Gasteiger partial charge in [-0.3, -0.25) is 4.68 Å². The largest absolute Gasteiger partial charge is 0.496 e. The first-order valence-electron chi connectivity index (χ1n) is 6.15. The lowest BCUT2D eigenvalue weighted by Gasteiger charge is -2.07. The molecule has 0 aliphatic heterocycles. The summed E-state index contributed by atoms with van der Waals surface area (Å²) in [6.07, 6.45) is 0.790. The van der Waals surface area contributed by atoms with Gasteiger partial charge >= 0.3 is 0 Å². The molecule has 2 aromatic rings. The second-order valence-corrected chi connectivity index (χ2v) is 5.27. The monoisotopic (exact) mass is 323 g/mol. The van der Waals surface area contributed by atoms with Crippen molar-refractivity contribution in [1.29, 1.82) is 0 Å². The number of aryl methyl sites for hydroxylation is 2. The van der Waals surface area contributed by atoms with Crippen LogP contribution in [0.2, 0.25) is 0 Å². The van der Waals surface area contributed by atoms with E-state index in [1.807, 2.05) is 23.9 Å². The van der Waals surface area contributed by atoms with Crippen LogP contribution in [-0.2, 0) is 13.5 Å². The Morgan fingerprint density at radius 3 is 2.79 bits per heavy atom. The molecular formula is C14H18BrN3O. The third-order valence-corrected chi connectivity index (χ3v) is 3.93. The molecule has 0 bridgehead atoms. The molecule has 4 nitrogen and oxygen atoms in total. The highest BCUT2D eigenvalue weighted by atomic mass is 79.9. The van der Waals surface area contributed by atoms with Crippen LogP contribution in [0.15, 0.2) is 22.7 Å². The maximum absolute atomic E-state index is 5.64. The van der Waals surface area contributed by atoms with E-state index in [0.29, 0.717) is 6.54 Å². The number of benzene rings is 1. The molecule has 102 valence electrons. The lowest BCUT2D eigenvalue weighted by molar-refractivity contribution is 0.416. The summed E-state index contributed by atoms with van der Waals surface area (Å²) < 4.78 is 8.28. The molecule has 0 amide bonds. The van der Waals surface area contributed by atoms with Gasteiger partial charge in [0.15, 0.2) is 0 Å². The summed E-state index contributed by atoms with van der Waals surface area (Å²) in [4.78, 5) is 0. The topological polar surface area (TPSA) is 53.1 Å². The lowest BCUT2D eigenvalue weighted by atomic mass is 10.1. The fourth-order valence-electron chi connectivity index (χ4n) is 2.12. The van der Waals surface area contributed by atoms with Crippen molar-refractivity contribution < 1.29 is 4.74 Å². The highest BCUT2D eigenvalue weighted by molar-refractivity contribution is 9.10. The maximum atomic E-state index is 5.64. The summed E-state index contributed by atoms with van der Waals surface area (Å²) in [5, 5.41) is 4.58. The number of hydrogen-bond acceptors (Lipinski definition) is 3. The third-order valence-electron chi connectivity index (χ3n) is 3.09. The summed E-state index contributed by atoms with van der Waals surface area (Å²) in [7, 11) is 3.60. The van der Waals surface area contributed by atoms with Gasteiger partial charge < -0.3 is 10.5 Å². The average molecular weight is 324 g/mol. The first kappa shape index (κ1) is 14.1. The van der Waals surface area contributed by atoms with Crippen molar-refractivity contribution in [2.45, 2.75) is 13.3 Å². The van der Waals surface area contributed by atoms with Crippen molar-refractivity contribution in [3.8, 4) is 17.0 Å². The average Bonchev–Trinajstić information content (AvgIpc) is 2.67. The normalized spacial score (nSPS) is 10.8. The number of ether oxygens (including phenoxy) is 1. The van der Waals surface area contributed by atoms with E-state index in [9.17, 15) is 0 Å². The second kappa shape index (κ2) is 5.75. The molecular weight excluding hydrogens is 306 g/mol. The molecule has 2 rings (SSSR count). The molecule has 1 aromatic carbocycles. The van der Waals surface area contributed by atoms with Crippen molar-refractivity contribution in [1.82, 2.24) is 9.78 Å². The van der Waals surface area contributed by atoms with Crippen LogP contribution in [0.1, 0.15) is 11.3 Å². The van der Waals surface area contributed by atoms with Crippen LogP contribution in [0, 0.1) is 6.92 Å². The summed E-state index contributed by atoms with van der Waals surface area (Å²) in [5.41, 5.74) is 9.80. The van der Waals surface area contributed by atoms with E-state index in [1.165, 1.54) is 5.56 Å². The number of hydrogen-bond donors (Lipinski definition) is 1. The lowest BCUT2D eigenvalue weighted by Crippen LogP contribution is -2.07. The van der Waals surface area contributed by atoms with Crippen LogP contribution >= 0.6 is 15.9 Å². The fraction of sp³-hybridized carbons (Fsp3) is 0.357. The van der Waals surface area contributed by atoms with Gasteiger partial charge in [0.1, 0.15) is 11.4 Å². The fourth-order valence-corrected chi connectivity index (χ4v) is 2.87. The van der Waals surface area contributed by atoms with Crippen molar-refractivity contribution in [3.63, 3.8) is 0 Å². The molecule has 0 aliphatic rings. The van der Waals surface area contributed by atoms with Gasteiger partial charge in [-0.1, -0.05) is 11.6 Å². The van der Waals surface area contributed by atoms with Crippen LogP contribution in [0.4, 0.5) is 0 Å². The van der Waals surface area contributed by atoms with Crippen molar-refractivity contribution >= 4 is 15.9 Å². The van der Waals surface area contributed by atoms with Gasteiger partial charge in [0.25, 0.3) is 0 Å². The number of nitrogens with two attached hydrogens (primary N) is 1. The number of halogens is 1. The predicted octanol–water partition coefficient (Wildman–Crippen LogP) is 2.67. The van der Waals surface area contributed by atoms with Gasteiger partial charge in [0.05, 0.1) is 17.3 Å². The van der Waals surface area contributed by atoms with Gasteiger partial charge in [-0.25, -0.2) is 0 Å². The Hall–Kier alpha value is -1.33. The summed E-state index contributed by atoms with van der Waals surface area (Å²) in [5.74, 6) is 0.823. The Bertz CT molecular complexity index is 593. The highest BCUT2D eigenvalue weighted by Crippen LogP contribution is 2.36. The number of rotatable bonds is 4. The minimum absolute atomic E-state index is 0.600. The second-order valence-electron chi connectivity index (χ2n) is 4.48. The zero-order valence-electron chi connectivity index (χ0n) is 11.4. The van der Waals surface area contributed by atoms with Crippen LogP contribution in [-0.4, -0.2) is 23.4 Å². The van der Waals surface area contributed by atoms with E-state index in [-0.39, 0.29) is 0 Å². The first-order valence-corrected chi connectivity index (χ1v) is 6.94. The zero-order chi connectivity index (χ0) is 14.0. The van der Waals surface area contributed by atoms with E-state index >= 15 is 0 Å². The van der Waals surface area contributed by atoms with Crippen LogP contribution in [0.25, 0.3) is 11.3 Å². The van der Waals surface area contributed by atoms with Crippen LogP contribution < -0.4 is 10.5 Å². The Morgan fingerprint density at radius 2 is 2.16 bits per heavy atom. The molecule has 1 aromatic heterocycles. The molecule has 19 heavy (non-hydrogen) atoms. The maximum Gasteiger partial charge on any atom is 0.128 e. The molecule has 0 saturated carbocycles. The van der Waals surface area contributed by atoms with Gasteiger partial charge in [-0.05, 0) is 41.5 Å². The van der Waals surface area contributed by atoms with E-state index in [0.717, 1.165) is 33.6 Å². The van der Waals surface area contributed by atoms with Crippen molar-refractivity contribution in [2.24, 2.45) is 12.8 Å². The quantitative estimate of drug-likeness (QED) is 0.941. The smallest absolute Gasteiger partial charge is 0.128 e. The molecule has 0 atom stereocenters. The molecule has 0 radical (unpaired) electrons. The van der Waals surface area contributed by atoms with Gasteiger partial charge in [0.2, 0.25) is 0 Å². The minimum Gasteiger partial charge on any atom is -0.496 e. The molecule has 1 heterocycles. The van der Waals surface area contributed by atoms with E-state index in [2.05, 4.69) is 34.0 Å². The number of methoxy groups -OCH3 is 1. The summed E-state index contributed by atoms with van der Waals surface area (Å²) in [6.45, 7) is 2.66. The molecule has 5 heteroatoms. The summed E-state index contributed by atoms with van der Waals surface area (Å²) >= 11 is 3.63. The third kappa shape index (κ3) is 2.67. The van der Waals surface area contributed by atoms with Crippen LogP contribution in [0.3, 0.4) is 0 Å². The molecule has 0 unspecified atom stereocenters. The Labute approximate surface area is 121 Å². The summed E-state index contributed by atoms with van der Waals surface area (Å²) in [6, 6.07) is 6.08. The van der Waals surface area contributed by atoms with Crippen molar-refractivity contribution in [3.05, 3.63) is 33.9 Å². The van der Waals surface area contributed by atoms with Gasteiger partial charge in [0, 0.05) is 19.0 Å². The first-order chi connectivity index (χ1) is 9.08. The van der Waals surface area contributed by atoms with E-state index in [4.69, 9.17) is 10.5 Å². The minimum atomic E-state index is 0.600. The molecule has 0 fully saturated rings. The molecule has 2 N–H and O–H groups in total. The zero-order valence-corrected chi connectivity index (χ0v) is 13.0. The van der Waals surface area contributed by atoms with Crippen LogP contribution in [0.5, 0.6) is 5.75 Å². The van der Waals surface area contributed by atoms with Gasteiger partial charge in [-0.15, -0.1) is 0 Å². The molecule has 0 aliphatic carbocycles. The standard InChI is InChI=1S/C14H18BrN3O/c1-9-4-5-12(19-3)10(8-9)14-13(15)11(6-7-16)18(2)17-14/h4-5,8H,6-7,16H2,1-3H3.